The monoisotopic (exact) mass is 274 g/mol. The van der Waals surface area contributed by atoms with Crippen molar-refractivity contribution >= 4 is 0 Å². The van der Waals surface area contributed by atoms with Crippen LogP contribution in [0, 0.1) is 40.4 Å². The predicted octanol–water partition coefficient (Wildman–Crippen LogP) is 2.09. The van der Waals surface area contributed by atoms with Gasteiger partial charge in [-0.3, -0.25) is 9.80 Å². The van der Waals surface area contributed by atoms with Gasteiger partial charge in [0.1, 0.15) is 0 Å². The highest BCUT2D eigenvalue weighted by atomic mass is 15.1. The number of nitrogens with zero attached hydrogens (tertiary/aromatic N) is 4. The minimum atomic E-state index is 0.584. The molecular weight excluding hydrogens is 248 g/mol. The van der Waals surface area contributed by atoms with E-state index in [2.05, 4.69) is 28.9 Å². The molecular formula is C16H26N4. The zero-order valence-corrected chi connectivity index (χ0v) is 12.6. The van der Waals surface area contributed by atoms with E-state index in [4.69, 9.17) is 10.5 Å². The molecule has 20 heavy (non-hydrogen) atoms. The summed E-state index contributed by atoms with van der Waals surface area (Å²) in [6.45, 7) is 7.94. The van der Waals surface area contributed by atoms with Crippen LogP contribution in [0.1, 0.15) is 32.6 Å². The van der Waals surface area contributed by atoms with Gasteiger partial charge in [0.2, 0.25) is 0 Å². The Hall–Kier alpha value is -1.10. The highest BCUT2D eigenvalue weighted by Crippen LogP contribution is 2.34. The smallest absolute Gasteiger partial charge is 0.0866 e. The van der Waals surface area contributed by atoms with Crippen LogP contribution in [0.25, 0.3) is 0 Å². The molecule has 2 rings (SSSR count). The van der Waals surface area contributed by atoms with Crippen molar-refractivity contribution in [1.29, 1.82) is 10.5 Å². The fraction of sp³-hybridized carbons (Fsp3) is 0.875. The molecule has 110 valence electrons. The zero-order chi connectivity index (χ0) is 14.4. The van der Waals surface area contributed by atoms with E-state index < -0.39 is 0 Å². The van der Waals surface area contributed by atoms with Gasteiger partial charge in [-0.05, 0) is 63.1 Å². The quantitative estimate of drug-likeness (QED) is 0.737. The van der Waals surface area contributed by atoms with Gasteiger partial charge in [0.15, 0.2) is 0 Å². The first kappa shape index (κ1) is 15.3. The standard InChI is InChI=1S/C16H26N4/c1-14(15-4-9-19(10-5-15)11-6-17)16-3-2-8-20(13-16)12-7-18/h14-16H,2-5,8-13H2,1H3. The summed E-state index contributed by atoms with van der Waals surface area (Å²) in [6.07, 6.45) is 5.03. The topological polar surface area (TPSA) is 54.1 Å². The van der Waals surface area contributed by atoms with Crippen LogP contribution in [0.15, 0.2) is 0 Å². The second-order valence-corrected chi connectivity index (χ2v) is 6.43. The number of likely N-dealkylation sites (tertiary alicyclic amines) is 2. The molecule has 4 nitrogen and oxygen atoms in total. The lowest BCUT2D eigenvalue weighted by molar-refractivity contribution is 0.0879. The highest BCUT2D eigenvalue weighted by Gasteiger charge is 2.31. The van der Waals surface area contributed by atoms with Gasteiger partial charge < -0.3 is 0 Å². The maximum absolute atomic E-state index is 8.85. The summed E-state index contributed by atoms with van der Waals surface area (Å²) in [5.41, 5.74) is 0. The third kappa shape index (κ3) is 3.95. The molecule has 2 heterocycles. The van der Waals surface area contributed by atoms with Gasteiger partial charge in [-0.2, -0.15) is 10.5 Å². The van der Waals surface area contributed by atoms with E-state index in [0.29, 0.717) is 13.1 Å². The third-order valence-corrected chi connectivity index (χ3v) is 5.25. The maximum atomic E-state index is 8.85. The molecule has 0 N–H and O–H groups in total. The molecule has 2 saturated heterocycles. The Bertz CT molecular complexity index is 373. The van der Waals surface area contributed by atoms with Crippen molar-refractivity contribution < 1.29 is 0 Å². The van der Waals surface area contributed by atoms with Crippen molar-refractivity contribution in [3.63, 3.8) is 0 Å². The Morgan fingerprint density at radius 3 is 2.25 bits per heavy atom. The van der Waals surface area contributed by atoms with E-state index in [9.17, 15) is 0 Å². The van der Waals surface area contributed by atoms with Crippen LogP contribution in [0.4, 0.5) is 0 Å². The van der Waals surface area contributed by atoms with Gasteiger partial charge in [-0.25, -0.2) is 0 Å². The van der Waals surface area contributed by atoms with Gasteiger partial charge in [-0.1, -0.05) is 6.92 Å². The number of rotatable bonds is 4. The number of nitriles is 2. The summed E-state index contributed by atoms with van der Waals surface area (Å²) in [5.74, 6) is 2.31. The molecule has 0 radical (unpaired) electrons. The van der Waals surface area contributed by atoms with Crippen molar-refractivity contribution in [2.45, 2.75) is 32.6 Å². The lowest BCUT2D eigenvalue weighted by Crippen LogP contribution is -2.42. The average molecular weight is 274 g/mol. The van der Waals surface area contributed by atoms with Gasteiger partial charge >= 0.3 is 0 Å². The predicted molar refractivity (Wildman–Crippen MR) is 78.7 cm³/mol. The van der Waals surface area contributed by atoms with E-state index in [0.717, 1.165) is 43.9 Å². The first-order valence-corrected chi connectivity index (χ1v) is 7.93. The molecule has 0 aromatic rings. The summed E-state index contributed by atoms with van der Waals surface area (Å²) in [4.78, 5) is 4.58. The van der Waals surface area contributed by atoms with E-state index in [1.54, 1.807) is 0 Å². The summed E-state index contributed by atoms with van der Waals surface area (Å²) in [6, 6.07) is 4.54. The molecule has 2 fully saturated rings. The summed E-state index contributed by atoms with van der Waals surface area (Å²) in [7, 11) is 0. The molecule has 0 bridgehead atoms. The van der Waals surface area contributed by atoms with Crippen LogP contribution in [0.3, 0.4) is 0 Å². The normalized spacial score (nSPS) is 27.6. The van der Waals surface area contributed by atoms with E-state index in [1.807, 2.05) is 0 Å². The van der Waals surface area contributed by atoms with Gasteiger partial charge in [0.05, 0.1) is 25.2 Å². The molecule has 2 unspecified atom stereocenters. The Morgan fingerprint density at radius 2 is 1.60 bits per heavy atom. The SMILES string of the molecule is CC(C1CCN(CC#N)CC1)C1CCCN(CC#N)C1. The fourth-order valence-electron chi connectivity index (χ4n) is 3.89. The molecule has 0 aromatic heterocycles. The fourth-order valence-corrected chi connectivity index (χ4v) is 3.89. The van der Waals surface area contributed by atoms with Crippen molar-refractivity contribution in [2.75, 3.05) is 39.3 Å². The minimum Gasteiger partial charge on any atom is -0.291 e. The number of hydrogen-bond acceptors (Lipinski definition) is 4. The number of piperidine rings is 2. The number of hydrogen-bond donors (Lipinski definition) is 0. The summed E-state index contributed by atoms with van der Waals surface area (Å²) in [5, 5.41) is 17.6. The van der Waals surface area contributed by atoms with Crippen LogP contribution in [0.2, 0.25) is 0 Å². The van der Waals surface area contributed by atoms with Crippen LogP contribution in [-0.4, -0.2) is 49.1 Å². The Kier molecular flexibility index (Phi) is 5.83. The van der Waals surface area contributed by atoms with Crippen LogP contribution >= 0.6 is 0 Å². The Morgan fingerprint density at radius 1 is 0.950 bits per heavy atom. The first-order valence-electron chi connectivity index (χ1n) is 7.93. The second kappa shape index (κ2) is 7.62. The van der Waals surface area contributed by atoms with Gasteiger partial charge in [0, 0.05) is 6.54 Å². The van der Waals surface area contributed by atoms with E-state index in [1.165, 1.54) is 25.7 Å². The highest BCUT2D eigenvalue weighted by molar-refractivity contribution is 4.87. The van der Waals surface area contributed by atoms with Gasteiger partial charge in [-0.15, -0.1) is 0 Å². The summed E-state index contributed by atoms with van der Waals surface area (Å²) >= 11 is 0. The summed E-state index contributed by atoms with van der Waals surface area (Å²) < 4.78 is 0. The molecule has 0 aromatic carbocycles. The molecule has 4 heteroatoms. The maximum Gasteiger partial charge on any atom is 0.0866 e. The second-order valence-electron chi connectivity index (χ2n) is 6.43. The van der Waals surface area contributed by atoms with Crippen LogP contribution in [-0.2, 0) is 0 Å². The van der Waals surface area contributed by atoms with Crippen LogP contribution < -0.4 is 0 Å². The molecule has 0 amide bonds. The molecule has 0 aliphatic carbocycles. The van der Waals surface area contributed by atoms with Crippen molar-refractivity contribution in [2.24, 2.45) is 17.8 Å². The largest absolute Gasteiger partial charge is 0.291 e. The van der Waals surface area contributed by atoms with Gasteiger partial charge in [0.25, 0.3) is 0 Å². The molecule has 0 spiro atoms. The molecule has 2 aliphatic rings. The first-order chi connectivity index (χ1) is 9.74. The zero-order valence-electron chi connectivity index (χ0n) is 12.6. The van der Waals surface area contributed by atoms with Crippen LogP contribution in [0.5, 0.6) is 0 Å². The molecule has 0 saturated carbocycles. The van der Waals surface area contributed by atoms with E-state index >= 15 is 0 Å². The third-order valence-electron chi connectivity index (χ3n) is 5.25. The lowest BCUT2D eigenvalue weighted by Gasteiger charge is -2.40. The lowest BCUT2D eigenvalue weighted by atomic mass is 9.75. The van der Waals surface area contributed by atoms with Crippen molar-refractivity contribution in [3.05, 3.63) is 0 Å². The van der Waals surface area contributed by atoms with Crippen molar-refractivity contribution in [1.82, 2.24) is 9.80 Å². The minimum absolute atomic E-state index is 0.584. The average Bonchev–Trinajstić information content (AvgIpc) is 2.48. The molecule has 2 aliphatic heterocycles. The van der Waals surface area contributed by atoms with E-state index in [-0.39, 0.29) is 0 Å². The van der Waals surface area contributed by atoms with Crippen molar-refractivity contribution in [3.8, 4) is 12.1 Å². The Balaban J connectivity index is 1.81. The Labute approximate surface area is 123 Å². The molecule has 2 atom stereocenters.